The second-order valence-electron chi connectivity index (χ2n) is 5.37. The van der Waals surface area contributed by atoms with Crippen molar-refractivity contribution in [3.05, 3.63) is 33.8 Å². The van der Waals surface area contributed by atoms with E-state index in [4.69, 9.17) is 5.11 Å². The summed E-state index contributed by atoms with van der Waals surface area (Å²) < 4.78 is 0.753. The number of hydrogen-bond acceptors (Lipinski definition) is 3. The Morgan fingerprint density at radius 2 is 2.00 bits per heavy atom. The number of carbonyl (C=O) groups excluding carboxylic acids is 1. The second-order valence-corrected chi connectivity index (χ2v) is 6.23. The summed E-state index contributed by atoms with van der Waals surface area (Å²) in [7, 11) is 1.89. The lowest BCUT2D eigenvalue weighted by Gasteiger charge is -2.21. The Kier molecular flexibility index (Phi) is 5.36. The predicted octanol–water partition coefficient (Wildman–Crippen LogP) is 2.20. The predicted molar refractivity (Wildman–Crippen MR) is 83.2 cm³/mol. The maximum Gasteiger partial charge on any atom is 0.335 e. The van der Waals surface area contributed by atoms with Gasteiger partial charge in [0.05, 0.1) is 12.1 Å². The topological polar surface area (TPSA) is 60.9 Å². The molecule has 0 bridgehead atoms. The van der Waals surface area contributed by atoms with Gasteiger partial charge in [-0.1, -0.05) is 22.0 Å². The minimum atomic E-state index is -0.945. The molecule has 0 unspecified atom stereocenters. The fourth-order valence-corrected chi connectivity index (χ4v) is 2.96. The van der Waals surface area contributed by atoms with E-state index in [0.29, 0.717) is 13.1 Å². The normalized spacial score (nSPS) is 14.7. The SMILES string of the molecule is CN(CC(=O)N1CCCC1)Cc1ccc(C(=O)O)cc1Br. The van der Waals surface area contributed by atoms with Gasteiger partial charge in [0.25, 0.3) is 0 Å². The van der Waals surface area contributed by atoms with Crippen molar-refractivity contribution in [3.8, 4) is 0 Å². The van der Waals surface area contributed by atoms with Crippen LogP contribution >= 0.6 is 15.9 Å². The van der Waals surface area contributed by atoms with Gasteiger partial charge in [-0.3, -0.25) is 9.69 Å². The van der Waals surface area contributed by atoms with Crippen molar-refractivity contribution in [3.63, 3.8) is 0 Å². The standard InChI is InChI=1S/C15H19BrN2O3/c1-17(10-14(19)18-6-2-3-7-18)9-12-5-4-11(15(20)21)8-13(12)16/h4-5,8H,2-3,6-7,9-10H2,1H3,(H,20,21). The third-order valence-corrected chi connectivity index (χ3v) is 4.34. The largest absolute Gasteiger partial charge is 0.478 e. The summed E-state index contributed by atoms with van der Waals surface area (Å²) in [6.07, 6.45) is 2.19. The van der Waals surface area contributed by atoms with Crippen LogP contribution in [0.15, 0.2) is 22.7 Å². The first kappa shape index (κ1) is 16.0. The fraction of sp³-hybridized carbons (Fsp3) is 0.467. The minimum absolute atomic E-state index is 0.160. The van der Waals surface area contributed by atoms with Gasteiger partial charge in [0, 0.05) is 24.1 Å². The van der Waals surface area contributed by atoms with Crippen molar-refractivity contribution in [1.29, 1.82) is 0 Å². The number of hydrogen-bond donors (Lipinski definition) is 1. The van der Waals surface area contributed by atoms with Crippen molar-refractivity contribution in [2.75, 3.05) is 26.7 Å². The molecule has 0 aromatic heterocycles. The molecule has 1 aliphatic heterocycles. The number of halogens is 1. The zero-order valence-electron chi connectivity index (χ0n) is 12.0. The summed E-state index contributed by atoms with van der Waals surface area (Å²) in [4.78, 5) is 26.8. The molecule has 5 nitrogen and oxygen atoms in total. The number of nitrogens with zero attached hydrogens (tertiary/aromatic N) is 2. The summed E-state index contributed by atoms with van der Waals surface area (Å²) in [5.74, 6) is -0.784. The van der Waals surface area contributed by atoms with Gasteiger partial charge in [-0.2, -0.15) is 0 Å². The Bertz CT molecular complexity index is 542. The maximum absolute atomic E-state index is 12.1. The fourth-order valence-electron chi connectivity index (χ4n) is 2.45. The first-order chi connectivity index (χ1) is 9.97. The summed E-state index contributed by atoms with van der Waals surface area (Å²) >= 11 is 3.39. The van der Waals surface area contributed by atoms with E-state index in [1.165, 1.54) is 0 Å². The van der Waals surface area contributed by atoms with Gasteiger partial charge in [0.1, 0.15) is 0 Å². The molecule has 2 rings (SSSR count). The van der Waals surface area contributed by atoms with Crippen LogP contribution in [0, 0.1) is 0 Å². The lowest BCUT2D eigenvalue weighted by Crippen LogP contribution is -2.37. The van der Waals surface area contributed by atoms with Crippen LogP contribution in [-0.2, 0) is 11.3 Å². The molecule has 6 heteroatoms. The molecule has 0 aliphatic carbocycles. The Balaban J connectivity index is 1.94. The van der Waals surface area contributed by atoms with Gasteiger partial charge in [-0.05, 0) is 37.6 Å². The molecule has 1 aromatic rings. The van der Waals surface area contributed by atoms with Gasteiger partial charge < -0.3 is 10.0 Å². The van der Waals surface area contributed by atoms with Gasteiger partial charge in [-0.25, -0.2) is 4.79 Å². The van der Waals surface area contributed by atoms with Crippen LogP contribution in [0.25, 0.3) is 0 Å². The number of likely N-dealkylation sites (tertiary alicyclic amines) is 1. The molecule has 1 amide bonds. The summed E-state index contributed by atoms with van der Waals surface area (Å²) in [6, 6.07) is 4.96. The molecule has 114 valence electrons. The zero-order valence-corrected chi connectivity index (χ0v) is 13.6. The van der Waals surface area contributed by atoms with Crippen LogP contribution in [-0.4, -0.2) is 53.5 Å². The quantitative estimate of drug-likeness (QED) is 0.880. The number of rotatable bonds is 5. The van der Waals surface area contributed by atoms with Crippen molar-refractivity contribution in [1.82, 2.24) is 9.80 Å². The number of likely N-dealkylation sites (N-methyl/N-ethyl adjacent to an activating group) is 1. The van der Waals surface area contributed by atoms with Gasteiger partial charge >= 0.3 is 5.97 Å². The first-order valence-corrected chi connectivity index (χ1v) is 7.74. The number of aromatic carboxylic acids is 1. The van der Waals surface area contributed by atoms with E-state index in [9.17, 15) is 9.59 Å². The van der Waals surface area contributed by atoms with Crippen molar-refractivity contribution >= 4 is 27.8 Å². The van der Waals surface area contributed by atoms with Gasteiger partial charge in [-0.15, -0.1) is 0 Å². The lowest BCUT2D eigenvalue weighted by molar-refractivity contribution is -0.131. The van der Waals surface area contributed by atoms with Crippen LogP contribution in [0.1, 0.15) is 28.8 Å². The highest BCUT2D eigenvalue weighted by Gasteiger charge is 2.19. The maximum atomic E-state index is 12.1. The van der Waals surface area contributed by atoms with Crippen LogP contribution in [0.2, 0.25) is 0 Å². The summed E-state index contributed by atoms with van der Waals surface area (Å²) in [6.45, 7) is 2.71. The van der Waals surface area contributed by atoms with Crippen molar-refractivity contribution in [2.45, 2.75) is 19.4 Å². The third kappa shape index (κ3) is 4.28. The molecular formula is C15H19BrN2O3. The van der Waals surface area contributed by atoms with E-state index in [0.717, 1.165) is 36.0 Å². The first-order valence-electron chi connectivity index (χ1n) is 6.95. The average molecular weight is 355 g/mol. The van der Waals surface area contributed by atoms with E-state index in [1.807, 2.05) is 16.8 Å². The molecule has 1 aliphatic rings. The van der Waals surface area contributed by atoms with Crippen molar-refractivity contribution < 1.29 is 14.7 Å². The average Bonchev–Trinajstić information content (AvgIpc) is 2.94. The van der Waals surface area contributed by atoms with Crippen LogP contribution in [0.5, 0.6) is 0 Å². The Hall–Kier alpha value is -1.40. The summed E-state index contributed by atoms with van der Waals surface area (Å²) in [5, 5.41) is 8.94. The van der Waals surface area contributed by atoms with Crippen LogP contribution in [0.3, 0.4) is 0 Å². The van der Waals surface area contributed by atoms with E-state index in [-0.39, 0.29) is 11.5 Å². The van der Waals surface area contributed by atoms with Gasteiger partial charge in [0.2, 0.25) is 5.91 Å². The molecule has 0 radical (unpaired) electrons. The van der Waals surface area contributed by atoms with Gasteiger partial charge in [0.15, 0.2) is 0 Å². The Labute approximate surface area is 132 Å². The molecule has 1 saturated heterocycles. The molecule has 1 fully saturated rings. The smallest absolute Gasteiger partial charge is 0.335 e. The molecule has 1 aromatic carbocycles. The van der Waals surface area contributed by atoms with E-state index in [2.05, 4.69) is 15.9 Å². The van der Waals surface area contributed by atoms with Crippen LogP contribution < -0.4 is 0 Å². The highest BCUT2D eigenvalue weighted by Crippen LogP contribution is 2.20. The Morgan fingerprint density at radius 1 is 1.33 bits per heavy atom. The molecule has 0 atom stereocenters. The Morgan fingerprint density at radius 3 is 2.57 bits per heavy atom. The van der Waals surface area contributed by atoms with E-state index in [1.54, 1.807) is 18.2 Å². The number of carbonyl (C=O) groups is 2. The van der Waals surface area contributed by atoms with Crippen molar-refractivity contribution in [2.24, 2.45) is 0 Å². The second kappa shape index (κ2) is 7.04. The molecule has 0 spiro atoms. The van der Waals surface area contributed by atoms with E-state index >= 15 is 0 Å². The summed E-state index contributed by atoms with van der Waals surface area (Å²) in [5.41, 5.74) is 1.22. The lowest BCUT2D eigenvalue weighted by atomic mass is 10.1. The molecule has 21 heavy (non-hydrogen) atoms. The zero-order chi connectivity index (χ0) is 15.4. The number of carboxylic acids is 1. The van der Waals surface area contributed by atoms with Crippen LogP contribution in [0.4, 0.5) is 0 Å². The highest BCUT2D eigenvalue weighted by molar-refractivity contribution is 9.10. The molecule has 1 N–H and O–H groups in total. The molecule has 0 saturated carbocycles. The minimum Gasteiger partial charge on any atom is -0.478 e. The number of amides is 1. The highest BCUT2D eigenvalue weighted by atomic mass is 79.9. The molecule has 1 heterocycles. The number of carboxylic acid groups (broad SMARTS) is 1. The monoisotopic (exact) mass is 354 g/mol. The number of benzene rings is 1. The third-order valence-electron chi connectivity index (χ3n) is 3.60. The van der Waals surface area contributed by atoms with E-state index < -0.39 is 5.97 Å². The molecular weight excluding hydrogens is 336 g/mol.